The number of para-hydroxylation sites is 1. The molecule has 0 radical (unpaired) electrons. The van der Waals surface area contributed by atoms with Crippen molar-refractivity contribution in [1.82, 2.24) is 4.72 Å². The summed E-state index contributed by atoms with van der Waals surface area (Å²) in [7, 11) is -3.97. The van der Waals surface area contributed by atoms with E-state index in [1.807, 2.05) is 38.1 Å². The second-order valence-electron chi connectivity index (χ2n) is 9.46. The minimum Gasteiger partial charge on any atom is -0.485 e. The summed E-state index contributed by atoms with van der Waals surface area (Å²) < 4.78 is 35.1. The Kier molecular flexibility index (Phi) is 7.22. The van der Waals surface area contributed by atoms with Gasteiger partial charge in [-0.05, 0) is 74.2 Å². The van der Waals surface area contributed by atoms with E-state index in [1.54, 1.807) is 56.3 Å². The normalized spacial score (nSPS) is 18.7. The van der Waals surface area contributed by atoms with Crippen LogP contribution in [0.4, 0.5) is 5.69 Å². The highest BCUT2D eigenvalue weighted by Crippen LogP contribution is 2.41. The third-order valence-electron chi connectivity index (χ3n) is 6.58. The fraction of sp³-hybridized carbons (Fsp3) is 0.321. The number of anilines is 1. The lowest BCUT2D eigenvalue weighted by atomic mass is 9.86. The van der Waals surface area contributed by atoms with Crippen molar-refractivity contribution in [2.75, 3.05) is 5.32 Å². The summed E-state index contributed by atoms with van der Waals surface area (Å²) in [6.45, 7) is 7.39. The molecule has 3 aromatic rings. The van der Waals surface area contributed by atoms with E-state index < -0.39 is 27.8 Å². The lowest BCUT2D eigenvalue weighted by Crippen LogP contribution is -2.53. The van der Waals surface area contributed by atoms with Crippen molar-refractivity contribution in [2.45, 2.75) is 63.2 Å². The Bertz CT molecular complexity index is 1370. The number of carbonyl (C=O) groups excluding carboxylic acids is 1. The Labute approximate surface area is 212 Å². The summed E-state index contributed by atoms with van der Waals surface area (Å²) >= 11 is 0. The lowest BCUT2D eigenvalue weighted by molar-refractivity contribution is -0.0603. The third kappa shape index (κ3) is 5.16. The van der Waals surface area contributed by atoms with Crippen molar-refractivity contribution in [3.8, 4) is 5.75 Å². The zero-order valence-electron chi connectivity index (χ0n) is 20.9. The highest BCUT2D eigenvalue weighted by Gasteiger charge is 2.44. The van der Waals surface area contributed by atoms with Crippen molar-refractivity contribution < 1.29 is 23.1 Å². The molecule has 4 rings (SSSR count). The first-order chi connectivity index (χ1) is 17.1. The fourth-order valence-electron chi connectivity index (χ4n) is 4.35. The molecule has 0 saturated heterocycles. The number of hydrogen-bond donors (Lipinski definition) is 3. The molecule has 190 valence electrons. The largest absolute Gasteiger partial charge is 0.485 e. The number of carbonyl (C=O) groups is 1. The summed E-state index contributed by atoms with van der Waals surface area (Å²) in [6, 6.07) is 18.0. The second-order valence-corrected chi connectivity index (χ2v) is 11.2. The van der Waals surface area contributed by atoms with Crippen LogP contribution in [0.5, 0.6) is 5.75 Å². The molecule has 1 amide bonds. The number of aliphatic hydroxyl groups excluding tert-OH is 1. The lowest BCUT2D eigenvalue weighted by Gasteiger charge is -2.42. The first-order valence-electron chi connectivity index (χ1n) is 12.1. The Morgan fingerprint density at radius 2 is 1.69 bits per heavy atom. The molecule has 0 saturated carbocycles. The molecule has 3 N–H and O–H groups in total. The molecule has 3 aromatic carbocycles. The molecule has 0 fully saturated rings. The molecule has 0 aromatic heterocycles. The number of amides is 1. The van der Waals surface area contributed by atoms with Crippen molar-refractivity contribution in [2.24, 2.45) is 0 Å². The maximum absolute atomic E-state index is 13.3. The van der Waals surface area contributed by atoms with Gasteiger partial charge < -0.3 is 15.2 Å². The SMILES string of the molecule is CCc1ccc(S(=O)(=O)N[C@@H]2c3cc(C(=O)Nc4ccccc4CC)ccc3OC(C)(C)[C@H]2O)cc1. The van der Waals surface area contributed by atoms with Gasteiger partial charge in [-0.2, -0.15) is 0 Å². The van der Waals surface area contributed by atoms with E-state index in [0.717, 1.165) is 24.0 Å². The number of rotatable bonds is 7. The molecule has 1 aliphatic rings. The van der Waals surface area contributed by atoms with E-state index >= 15 is 0 Å². The second kappa shape index (κ2) is 10.0. The molecular weight excluding hydrogens is 476 g/mol. The van der Waals surface area contributed by atoms with Gasteiger partial charge in [-0.25, -0.2) is 13.1 Å². The predicted octanol–water partition coefficient (Wildman–Crippen LogP) is 4.62. The summed E-state index contributed by atoms with van der Waals surface area (Å²) in [5, 5.41) is 14.0. The molecule has 8 heteroatoms. The fourth-order valence-corrected chi connectivity index (χ4v) is 5.57. The Morgan fingerprint density at radius 1 is 1.00 bits per heavy atom. The van der Waals surface area contributed by atoms with Crippen LogP contribution in [-0.4, -0.2) is 31.1 Å². The molecule has 2 atom stereocenters. The van der Waals surface area contributed by atoms with Crippen LogP contribution in [-0.2, 0) is 22.9 Å². The molecule has 36 heavy (non-hydrogen) atoms. The van der Waals surface area contributed by atoms with Crippen molar-refractivity contribution in [1.29, 1.82) is 0 Å². The molecule has 7 nitrogen and oxygen atoms in total. The molecule has 1 aliphatic heterocycles. The maximum atomic E-state index is 13.3. The first-order valence-corrected chi connectivity index (χ1v) is 13.6. The van der Waals surface area contributed by atoms with Crippen LogP contribution in [0.2, 0.25) is 0 Å². The molecule has 1 heterocycles. The van der Waals surface area contributed by atoms with Gasteiger partial charge >= 0.3 is 0 Å². The van der Waals surface area contributed by atoms with Gasteiger partial charge in [0, 0.05) is 16.8 Å². The first kappa shape index (κ1) is 25.9. The summed E-state index contributed by atoms with van der Waals surface area (Å²) in [4.78, 5) is 13.2. The number of hydrogen-bond acceptors (Lipinski definition) is 5. The Balaban J connectivity index is 1.68. The summed E-state index contributed by atoms with van der Waals surface area (Å²) in [5.41, 5.74) is 2.40. The quantitative estimate of drug-likeness (QED) is 0.432. The van der Waals surface area contributed by atoms with Gasteiger partial charge in [-0.1, -0.05) is 44.2 Å². The van der Waals surface area contributed by atoms with Crippen molar-refractivity contribution >= 4 is 21.6 Å². The van der Waals surface area contributed by atoms with E-state index in [9.17, 15) is 18.3 Å². The average Bonchev–Trinajstić information content (AvgIpc) is 2.86. The molecule has 0 unspecified atom stereocenters. The molecule has 0 aliphatic carbocycles. The number of aliphatic hydroxyl groups is 1. The van der Waals surface area contributed by atoms with Crippen LogP contribution < -0.4 is 14.8 Å². The van der Waals surface area contributed by atoms with E-state index in [0.29, 0.717) is 22.6 Å². The van der Waals surface area contributed by atoms with Crippen LogP contribution in [0.25, 0.3) is 0 Å². The van der Waals surface area contributed by atoms with Crippen LogP contribution in [0.1, 0.15) is 60.8 Å². The van der Waals surface area contributed by atoms with Crippen molar-refractivity contribution in [3.63, 3.8) is 0 Å². The third-order valence-corrected chi connectivity index (χ3v) is 8.04. The number of benzene rings is 3. The van der Waals surface area contributed by atoms with Crippen LogP contribution >= 0.6 is 0 Å². The molecule has 0 bridgehead atoms. The van der Waals surface area contributed by atoms with Crippen LogP contribution in [0, 0.1) is 0 Å². The monoisotopic (exact) mass is 508 g/mol. The van der Waals surface area contributed by atoms with Gasteiger partial charge in [0.15, 0.2) is 0 Å². The average molecular weight is 509 g/mol. The highest BCUT2D eigenvalue weighted by molar-refractivity contribution is 7.89. The predicted molar refractivity (Wildman–Crippen MR) is 140 cm³/mol. The zero-order chi connectivity index (χ0) is 26.1. The topological polar surface area (TPSA) is 105 Å². The van der Waals surface area contributed by atoms with Crippen LogP contribution in [0.3, 0.4) is 0 Å². The Hall–Kier alpha value is -3.20. The number of nitrogens with one attached hydrogen (secondary N) is 2. The van der Waals surface area contributed by atoms with Gasteiger partial charge in [0.05, 0.1) is 10.9 Å². The van der Waals surface area contributed by atoms with E-state index in [1.165, 1.54) is 0 Å². The number of sulfonamides is 1. The van der Waals surface area contributed by atoms with E-state index in [4.69, 9.17) is 4.74 Å². The highest BCUT2D eigenvalue weighted by atomic mass is 32.2. The number of fused-ring (bicyclic) bond motifs is 1. The summed E-state index contributed by atoms with van der Waals surface area (Å²) in [5.74, 6) is 0.0691. The zero-order valence-corrected chi connectivity index (χ0v) is 21.7. The number of ether oxygens (including phenoxy) is 1. The standard InChI is InChI=1S/C28H32N2O5S/c1-5-18-11-14-21(15-12-18)36(33,34)30-25-22-17-20(13-16-24(22)35-28(3,4)26(25)31)27(32)29-23-10-8-7-9-19(23)6-2/h7-17,25-26,30-31H,5-6H2,1-4H3,(H,29,32)/t25-,26+/m1/s1. The minimum atomic E-state index is -3.97. The Morgan fingerprint density at radius 3 is 2.36 bits per heavy atom. The smallest absolute Gasteiger partial charge is 0.255 e. The molecule has 0 spiro atoms. The maximum Gasteiger partial charge on any atom is 0.255 e. The van der Waals surface area contributed by atoms with Gasteiger partial charge in [0.25, 0.3) is 5.91 Å². The van der Waals surface area contributed by atoms with Crippen molar-refractivity contribution in [3.05, 3.63) is 89.0 Å². The summed E-state index contributed by atoms with van der Waals surface area (Å²) in [6.07, 6.45) is 0.356. The number of aryl methyl sites for hydroxylation is 2. The molecular formula is C28H32N2O5S. The van der Waals surface area contributed by atoms with Crippen LogP contribution in [0.15, 0.2) is 71.6 Å². The van der Waals surface area contributed by atoms with E-state index in [2.05, 4.69) is 10.0 Å². The minimum absolute atomic E-state index is 0.0998. The van der Waals surface area contributed by atoms with E-state index in [-0.39, 0.29) is 10.8 Å². The van der Waals surface area contributed by atoms with Gasteiger partial charge in [-0.3, -0.25) is 4.79 Å². The van der Waals surface area contributed by atoms with Gasteiger partial charge in [0.2, 0.25) is 10.0 Å². The van der Waals surface area contributed by atoms with Gasteiger partial charge in [-0.15, -0.1) is 0 Å². The van der Waals surface area contributed by atoms with Gasteiger partial charge in [0.1, 0.15) is 17.5 Å².